The van der Waals surface area contributed by atoms with E-state index in [0.29, 0.717) is 11.1 Å². The summed E-state index contributed by atoms with van der Waals surface area (Å²) >= 11 is 0. The Hall–Kier alpha value is -3.35. The molecule has 0 saturated heterocycles. The van der Waals surface area contributed by atoms with Crippen LogP contribution in [0.3, 0.4) is 0 Å². The van der Waals surface area contributed by atoms with Gasteiger partial charge in [-0.15, -0.1) is 0 Å². The summed E-state index contributed by atoms with van der Waals surface area (Å²) in [6, 6.07) is 5.25. The first-order valence-corrected chi connectivity index (χ1v) is 7.32. The van der Waals surface area contributed by atoms with Crippen molar-refractivity contribution in [2.45, 2.75) is 6.92 Å². The zero-order chi connectivity index (χ0) is 18.3. The molecule has 7 heteroatoms. The Kier molecular flexibility index (Phi) is 3.92. The summed E-state index contributed by atoms with van der Waals surface area (Å²) in [6.07, 6.45) is 0. The van der Waals surface area contributed by atoms with Gasteiger partial charge in [-0.2, -0.15) is 0 Å². The van der Waals surface area contributed by atoms with E-state index in [-0.39, 0.29) is 45.5 Å². The molecule has 3 rings (SSSR count). The van der Waals surface area contributed by atoms with E-state index in [9.17, 15) is 20.1 Å². The van der Waals surface area contributed by atoms with E-state index in [1.54, 1.807) is 6.92 Å². The van der Waals surface area contributed by atoms with Crippen LogP contribution in [-0.2, 0) is 0 Å². The van der Waals surface area contributed by atoms with Crippen molar-refractivity contribution in [2.24, 2.45) is 0 Å². The third-order valence-corrected chi connectivity index (χ3v) is 3.96. The van der Waals surface area contributed by atoms with Crippen LogP contribution in [0.15, 0.2) is 33.5 Å². The molecule has 0 aliphatic rings. The minimum absolute atomic E-state index is 0.0260. The molecule has 0 amide bonds. The molecule has 0 spiro atoms. The van der Waals surface area contributed by atoms with E-state index in [4.69, 9.17) is 13.9 Å². The van der Waals surface area contributed by atoms with Crippen LogP contribution >= 0.6 is 0 Å². The highest BCUT2D eigenvalue weighted by molar-refractivity contribution is 5.92. The van der Waals surface area contributed by atoms with E-state index in [2.05, 4.69) is 0 Å². The lowest BCUT2D eigenvalue weighted by molar-refractivity contribution is 0.333. The second-order valence-corrected chi connectivity index (χ2v) is 5.42. The first-order valence-electron chi connectivity index (χ1n) is 7.32. The molecule has 2 aromatic carbocycles. The Morgan fingerprint density at radius 2 is 1.64 bits per heavy atom. The number of hydrogen-bond acceptors (Lipinski definition) is 7. The molecule has 3 aromatic rings. The predicted octanol–water partition coefficient (Wildman–Crippen LogP) is 2.90. The Balaban J connectivity index is 2.38. The number of phenols is 3. The van der Waals surface area contributed by atoms with Gasteiger partial charge in [0.25, 0.3) is 0 Å². The van der Waals surface area contributed by atoms with E-state index in [1.807, 2.05) is 0 Å². The van der Waals surface area contributed by atoms with E-state index >= 15 is 0 Å². The molecule has 7 nitrogen and oxygen atoms in total. The number of fused-ring (bicyclic) bond motifs is 1. The monoisotopic (exact) mass is 344 g/mol. The third-order valence-electron chi connectivity index (χ3n) is 3.96. The number of ether oxygens (including phenoxy) is 2. The summed E-state index contributed by atoms with van der Waals surface area (Å²) in [6.45, 7) is 1.67. The van der Waals surface area contributed by atoms with Crippen LogP contribution in [0.5, 0.6) is 28.7 Å². The molecular formula is C18H16O7. The van der Waals surface area contributed by atoms with Crippen LogP contribution in [0.1, 0.15) is 5.56 Å². The molecule has 3 N–H and O–H groups in total. The molecule has 0 atom stereocenters. The molecule has 25 heavy (non-hydrogen) atoms. The molecule has 0 bridgehead atoms. The van der Waals surface area contributed by atoms with Crippen molar-refractivity contribution in [1.82, 2.24) is 0 Å². The molecule has 0 radical (unpaired) electrons. The van der Waals surface area contributed by atoms with Gasteiger partial charge in [-0.3, -0.25) is 4.79 Å². The van der Waals surface area contributed by atoms with Gasteiger partial charge in [0.2, 0.25) is 5.75 Å². The van der Waals surface area contributed by atoms with E-state index in [1.165, 1.54) is 38.5 Å². The highest BCUT2D eigenvalue weighted by Gasteiger charge is 2.23. The highest BCUT2D eigenvalue weighted by atomic mass is 16.5. The fourth-order valence-electron chi connectivity index (χ4n) is 2.73. The molecule has 1 heterocycles. The quantitative estimate of drug-likeness (QED) is 0.627. The second kappa shape index (κ2) is 5.94. The van der Waals surface area contributed by atoms with Gasteiger partial charge in [-0.05, 0) is 25.1 Å². The van der Waals surface area contributed by atoms with Gasteiger partial charge in [0.15, 0.2) is 28.4 Å². The van der Waals surface area contributed by atoms with Gasteiger partial charge >= 0.3 is 0 Å². The number of benzene rings is 2. The van der Waals surface area contributed by atoms with Crippen LogP contribution in [0.25, 0.3) is 22.3 Å². The molecule has 0 aliphatic heterocycles. The predicted molar refractivity (Wildman–Crippen MR) is 90.8 cm³/mol. The average Bonchev–Trinajstić information content (AvgIpc) is 2.59. The molecule has 1 aromatic heterocycles. The third kappa shape index (κ3) is 2.50. The lowest BCUT2D eigenvalue weighted by Crippen LogP contribution is -2.04. The normalized spacial score (nSPS) is 10.8. The van der Waals surface area contributed by atoms with Crippen molar-refractivity contribution < 1.29 is 29.2 Å². The summed E-state index contributed by atoms with van der Waals surface area (Å²) in [5.74, 6) is -0.522. The zero-order valence-corrected chi connectivity index (χ0v) is 13.8. The minimum Gasteiger partial charge on any atom is -0.504 e. The van der Waals surface area contributed by atoms with Gasteiger partial charge < -0.3 is 29.2 Å². The van der Waals surface area contributed by atoms with Crippen molar-refractivity contribution in [2.75, 3.05) is 14.2 Å². The van der Waals surface area contributed by atoms with Crippen molar-refractivity contribution in [3.63, 3.8) is 0 Å². The average molecular weight is 344 g/mol. The number of rotatable bonds is 3. The first kappa shape index (κ1) is 16.5. The number of aromatic hydroxyl groups is 3. The van der Waals surface area contributed by atoms with Crippen molar-refractivity contribution in [1.29, 1.82) is 0 Å². The van der Waals surface area contributed by atoms with Crippen molar-refractivity contribution in [3.8, 4) is 40.1 Å². The van der Waals surface area contributed by atoms with Gasteiger partial charge in [0.1, 0.15) is 16.7 Å². The van der Waals surface area contributed by atoms with Gasteiger partial charge in [-0.1, -0.05) is 0 Å². The van der Waals surface area contributed by atoms with Crippen LogP contribution in [-0.4, -0.2) is 29.5 Å². The molecule has 0 saturated carbocycles. The lowest BCUT2D eigenvalue weighted by atomic mass is 10.1. The highest BCUT2D eigenvalue weighted by Crippen LogP contribution is 2.45. The smallest absolute Gasteiger partial charge is 0.204 e. The lowest BCUT2D eigenvalue weighted by Gasteiger charge is -2.15. The van der Waals surface area contributed by atoms with E-state index in [0.717, 1.165) is 0 Å². The molecule has 130 valence electrons. The van der Waals surface area contributed by atoms with Crippen molar-refractivity contribution >= 4 is 11.0 Å². The topological polar surface area (TPSA) is 109 Å². The molecule has 0 unspecified atom stereocenters. The van der Waals surface area contributed by atoms with Crippen LogP contribution in [0, 0.1) is 6.92 Å². The van der Waals surface area contributed by atoms with Crippen LogP contribution < -0.4 is 14.9 Å². The standard InChI is InChI=1S/C18H16O7/c1-8-16-14(15(22)18(24-3)17(8)23-2)12(21)7-13(25-16)9-4-5-10(19)11(20)6-9/h4-7,19-20,22H,1-3H3. The largest absolute Gasteiger partial charge is 0.504 e. The van der Waals surface area contributed by atoms with Crippen molar-refractivity contribution in [3.05, 3.63) is 40.1 Å². The van der Waals surface area contributed by atoms with Gasteiger partial charge in [-0.25, -0.2) is 0 Å². The fourth-order valence-corrected chi connectivity index (χ4v) is 2.73. The molecule has 0 fully saturated rings. The number of hydrogen-bond donors (Lipinski definition) is 3. The summed E-state index contributed by atoms with van der Waals surface area (Å²) in [7, 11) is 2.77. The zero-order valence-electron chi connectivity index (χ0n) is 13.8. The first-order chi connectivity index (χ1) is 11.9. The Morgan fingerprint density at radius 1 is 0.960 bits per heavy atom. The molecular weight excluding hydrogens is 328 g/mol. The maximum atomic E-state index is 12.5. The maximum absolute atomic E-state index is 12.5. The number of phenolic OH excluding ortho intramolecular Hbond substituents is 3. The Bertz CT molecular complexity index is 1030. The SMILES string of the molecule is COc1c(OC)c(O)c2c(=O)cc(-c3ccc(O)c(O)c3)oc2c1C. The van der Waals surface area contributed by atoms with Crippen LogP contribution in [0.2, 0.25) is 0 Å². The fraction of sp³-hybridized carbons (Fsp3) is 0.167. The second-order valence-electron chi connectivity index (χ2n) is 5.42. The Morgan fingerprint density at radius 3 is 2.24 bits per heavy atom. The summed E-state index contributed by atoms with van der Waals surface area (Å²) in [4.78, 5) is 12.5. The summed E-state index contributed by atoms with van der Waals surface area (Å²) in [5.41, 5.74) is 0.535. The van der Waals surface area contributed by atoms with Gasteiger partial charge in [0, 0.05) is 17.2 Å². The number of methoxy groups -OCH3 is 2. The molecule has 0 aliphatic carbocycles. The Labute approximate surface area is 142 Å². The maximum Gasteiger partial charge on any atom is 0.204 e. The van der Waals surface area contributed by atoms with E-state index < -0.39 is 5.43 Å². The minimum atomic E-state index is -0.481. The number of aryl methyl sites for hydroxylation is 1. The van der Waals surface area contributed by atoms with Gasteiger partial charge in [0.05, 0.1) is 14.2 Å². The van der Waals surface area contributed by atoms with Crippen LogP contribution in [0.4, 0.5) is 0 Å². The summed E-state index contributed by atoms with van der Waals surface area (Å²) < 4.78 is 16.2. The summed E-state index contributed by atoms with van der Waals surface area (Å²) in [5, 5.41) is 29.4.